The lowest BCUT2D eigenvalue weighted by Gasteiger charge is -2.16. The van der Waals surface area contributed by atoms with Crippen LogP contribution in [-0.4, -0.2) is 56.3 Å². The fourth-order valence-electron chi connectivity index (χ4n) is 4.45. The Hall–Kier alpha value is -3.77. The summed E-state index contributed by atoms with van der Waals surface area (Å²) in [6.07, 6.45) is 6.53. The molecule has 3 N–H and O–H groups in total. The minimum absolute atomic E-state index is 0.0323. The highest BCUT2D eigenvalue weighted by molar-refractivity contribution is 5.79. The number of primary amides is 1. The number of hydrogen-bond acceptors (Lipinski definition) is 8. The molecule has 1 amide bonds. The maximum atomic E-state index is 13.5. The highest BCUT2D eigenvalue weighted by Gasteiger charge is 2.39. The van der Waals surface area contributed by atoms with Crippen LogP contribution in [0, 0.1) is 0 Å². The van der Waals surface area contributed by atoms with Gasteiger partial charge in [-0.05, 0) is 18.9 Å². The van der Waals surface area contributed by atoms with Crippen LogP contribution < -0.4 is 21.6 Å². The first-order valence-electron chi connectivity index (χ1n) is 12.3. The molecule has 0 unspecified atom stereocenters. The van der Waals surface area contributed by atoms with Crippen molar-refractivity contribution in [3.05, 3.63) is 35.0 Å². The highest BCUT2D eigenvalue weighted by Crippen LogP contribution is 2.32. The largest absolute Gasteiger partial charge is 0.453 e. The molecule has 37 heavy (non-hydrogen) atoms. The van der Waals surface area contributed by atoms with Crippen LogP contribution in [0.3, 0.4) is 0 Å². The highest BCUT2D eigenvalue weighted by atomic mass is 19.3. The van der Waals surface area contributed by atoms with Crippen molar-refractivity contribution >= 4 is 34.7 Å². The standard InChI is InChI=1S/C20H23F2N7O.C2H5NO2.C2H6/c1-27-15-11-24-17(10-14(15)29(19(27)30)13-4-2-3-5-13)25-16-6-8-23-18(26-16)28-9-7-20(21,22)12-28;1-5-2(3)4;1-2/h6,8,10-11,13H,2-5,7,9,12H2,1H3,(H,23,24,25,26);1H3,(H2,3,4);1-2H3. The van der Waals surface area contributed by atoms with Crippen molar-refractivity contribution in [3.8, 4) is 0 Å². The predicted molar refractivity (Wildman–Crippen MR) is 138 cm³/mol. The summed E-state index contributed by atoms with van der Waals surface area (Å²) in [4.78, 5) is 36.6. The number of nitrogens with two attached hydrogens (primary N) is 1. The van der Waals surface area contributed by atoms with Gasteiger partial charge in [-0.15, -0.1) is 0 Å². The molecule has 0 spiro atoms. The molecule has 0 aromatic carbocycles. The third-order valence-corrected chi connectivity index (χ3v) is 6.22. The first kappa shape index (κ1) is 27.8. The Bertz CT molecular complexity index is 1270. The topological polar surface area (TPSA) is 133 Å². The molecule has 4 heterocycles. The second-order valence-electron chi connectivity index (χ2n) is 8.63. The average molecular weight is 521 g/mol. The number of fused-ring (bicyclic) bond motifs is 1. The number of aryl methyl sites for hydroxylation is 1. The summed E-state index contributed by atoms with van der Waals surface area (Å²) < 4.78 is 34.4. The number of ether oxygens (including phenoxy) is 1. The molecule has 13 heteroatoms. The molecule has 5 rings (SSSR count). The van der Waals surface area contributed by atoms with Gasteiger partial charge < -0.3 is 20.7 Å². The predicted octanol–water partition coefficient (Wildman–Crippen LogP) is 3.97. The summed E-state index contributed by atoms with van der Waals surface area (Å²) in [6.45, 7) is 3.84. The third kappa shape index (κ3) is 6.52. The Morgan fingerprint density at radius 3 is 2.46 bits per heavy atom. The van der Waals surface area contributed by atoms with E-state index in [4.69, 9.17) is 0 Å². The summed E-state index contributed by atoms with van der Waals surface area (Å²) in [5, 5.41) is 3.13. The lowest BCUT2D eigenvalue weighted by atomic mass is 10.2. The smallest absolute Gasteiger partial charge is 0.404 e. The van der Waals surface area contributed by atoms with Crippen LogP contribution in [0.25, 0.3) is 11.0 Å². The molecule has 3 aromatic heterocycles. The van der Waals surface area contributed by atoms with Gasteiger partial charge >= 0.3 is 11.8 Å². The number of aromatic nitrogens is 5. The molecular formula is C24H34F2N8O3. The minimum atomic E-state index is -2.71. The van der Waals surface area contributed by atoms with E-state index in [-0.39, 0.29) is 37.2 Å². The van der Waals surface area contributed by atoms with Crippen molar-refractivity contribution in [1.29, 1.82) is 0 Å². The minimum Gasteiger partial charge on any atom is -0.453 e. The number of pyridine rings is 1. The first-order chi connectivity index (χ1) is 17.7. The van der Waals surface area contributed by atoms with Gasteiger partial charge in [0.05, 0.1) is 30.9 Å². The molecule has 2 aliphatic rings. The van der Waals surface area contributed by atoms with E-state index >= 15 is 0 Å². The van der Waals surface area contributed by atoms with Gasteiger partial charge in [0, 0.05) is 38.3 Å². The molecule has 1 saturated carbocycles. The van der Waals surface area contributed by atoms with E-state index in [0.29, 0.717) is 11.6 Å². The summed E-state index contributed by atoms with van der Waals surface area (Å²) in [7, 11) is 2.98. The molecule has 3 aromatic rings. The molecule has 1 aliphatic heterocycles. The summed E-state index contributed by atoms with van der Waals surface area (Å²) in [5.74, 6) is -1.44. The van der Waals surface area contributed by atoms with Gasteiger partial charge in [-0.3, -0.25) is 9.13 Å². The van der Waals surface area contributed by atoms with Crippen LogP contribution in [0.1, 0.15) is 52.0 Å². The van der Waals surface area contributed by atoms with Gasteiger partial charge in [-0.2, -0.15) is 4.98 Å². The van der Waals surface area contributed by atoms with Crippen molar-refractivity contribution in [2.75, 3.05) is 30.4 Å². The normalized spacial score (nSPS) is 16.5. The second kappa shape index (κ2) is 12.0. The van der Waals surface area contributed by atoms with Crippen LogP contribution in [0.5, 0.6) is 0 Å². The number of halogens is 2. The molecule has 2 fully saturated rings. The average Bonchev–Trinajstić information content (AvgIpc) is 3.60. The Kier molecular flexibility index (Phi) is 9.00. The van der Waals surface area contributed by atoms with Crippen molar-refractivity contribution in [2.24, 2.45) is 12.8 Å². The molecule has 11 nitrogen and oxygen atoms in total. The van der Waals surface area contributed by atoms with Crippen LogP contribution in [0.15, 0.2) is 29.3 Å². The quantitative estimate of drug-likeness (QED) is 0.528. The number of carbonyl (C=O) groups excluding carboxylic acids is 1. The van der Waals surface area contributed by atoms with Gasteiger partial charge in [0.25, 0.3) is 5.92 Å². The van der Waals surface area contributed by atoms with E-state index in [2.05, 4.69) is 30.7 Å². The summed E-state index contributed by atoms with van der Waals surface area (Å²) in [6, 6.07) is 3.72. The number of nitrogens with one attached hydrogen (secondary N) is 1. The van der Waals surface area contributed by atoms with Crippen LogP contribution in [-0.2, 0) is 11.8 Å². The van der Waals surface area contributed by atoms with Crippen molar-refractivity contribution in [1.82, 2.24) is 24.1 Å². The molecule has 202 valence electrons. The molecule has 0 atom stereocenters. The molecule has 1 saturated heterocycles. The van der Waals surface area contributed by atoms with E-state index in [1.807, 2.05) is 24.5 Å². The summed E-state index contributed by atoms with van der Waals surface area (Å²) >= 11 is 0. The van der Waals surface area contributed by atoms with Crippen molar-refractivity contribution in [3.63, 3.8) is 0 Å². The maximum Gasteiger partial charge on any atom is 0.404 e. The van der Waals surface area contributed by atoms with Gasteiger partial charge in [0.2, 0.25) is 5.95 Å². The van der Waals surface area contributed by atoms with Crippen LogP contribution in [0.4, 0.5) is 31.2 Å². The van der Waals surface area contributed by atoms with Gasteiger partial charge in [0.1, 0.15) is 11.6 Å². The number of carbonyl (C=O) groups is 1. The Morgan fingerprint density at radius 1 is 1.19 bits per heavy atom. The number of hydrogen-bond donors (Lipinski definition) is 2. The zero-order chi connectivity index (χ0) is 27.2. The zero-order valence-electron chi connectivity index (χ0n) is 21.6. The summed E-state index contributed by atoms with van der Waals surface area (Å²) in [5.41, 5.74) is 6.01. The fourth-order valence-corrected chi connectivity index (χ4v) is 4.45. The number of nitrogens with zero attached hydrogens (tertiary/aromatic N) is 6. The number of anilines is 3. The molecule has 1 aliphatic carbocycles. The van der Waals surface area contributed by atoms with E-state index in [1.54, 1.807) is 23.9 Å². The SMILES string of the molecule is CC.COC(N)=O.Cn1c(=O)n(C2CCCC2)c2cc(Nc3ccnc(N4CCC(F)(F)C4)n3)ncc21. The second-order valence-corrected chi connectivity index (χ2v) is 8.63. The molecular weight excluding hydrogens is 486 g/mol. The van der Waals surface area contributed by atoms with Gasteiger partial charge in [-0.25, -0.2) is 28.3 Å². The maximum absolute atomic E-state index is 13.5. The van der Waals surface area contributed by atoms with E-state index < -0.39 is 12.0 Å². The number of alkyl halides is 2. The lowest BCUT2D eigenvalue weighted by Crippen LogP contribution is -2.26. The van der Waals surface area contributed by atoms with E-state index in [0.717, 1.165) is 36.7 Å². The number of rotatable bonds is 4. The number of imidazole rings is 1. The Morgan fingerprint density at radius 2 is 1.86 bits per heavy atom. The lowest BCUT2D eigenvalue weighted by molar-refractivity contribution is 0.0256. The van der Waals surface area contributed by atoms with E-state index in [9.17, 15) is 18.4 Å². The van der Waals surface area contributed by atoms with Crippen LogP contribution in [0.2, 0.25) is 0 Å². The first-order valence-corrected chi connectivity index (χ1v) is 12.3. The Balaban J connectivity index is 0.000000489. The van der Waals surface area contributed by atoms with Gasteiger partial charge in [-0.1, -0.05) is 26.7 Å². The zero-order valence-corrected chi connectivity index (χ0v) is 21.6. The van der Waals surface area contributed by atoms with Gasteiger partial charge in [0.15, 0.2) is 0 Å². The third-order valence-electron chi connectivity index (χ3n) is 6.22. The Labute approximate surface area is 213 Å². The molecule has 0 bridgehead atoms. The van der Waals surface area contributed by atoms with Crippen LogP contribution >= 0.6 is 0 Å². The number of amides is 1. The monoisotopic (exact) mass is 520 g/mol. The van der Waals surface area contributed by atoms with Crippen molar-refractivity contribution in [2.45, 2.75) is 57.9 Å². The van der Waals surface area contributed by atoms with E-state index in [1.165, 1.54) is 18.2 Å². The fraction of sp³-hybridized carbons (Fsp3) is 0.542. The number of methoxy groups -OCH3 is 1. The molecule has 0 radical (unpaired) electrons. The van der Waals surface area contributed by atoms with Crippen molar-refractivity contribution < 1.29 is 18.3 Å².